The maximum atomic E-state index is 12.5. The molecule has 2 spiro atoms. The summed E-state index contributed by atoms with van der Waals surface area (Å²) in [7, 11) is 0. The van der Waals surface area contributed by atoms with Crippen molar-refractivity contribution in [1.29, 1.82) is 0 Å². The second kappa shape index (κ2) is 3.24. The van der Waals surface area contributed by atoms with Crippen LogP contribution in [0.1, 0.15) is 17.5 Å². The van der Waals surface area contributed by atoms with Crippen molar-refractivity contribution < 1.29 is 19.4 Å². The number of phenols is 1. The fourth-order valence-corrected chi connectivity index (χ4v) is 5.60. The molecule has 0 saturated carbocycles. The van der Waals surface area contributed by atoms with Crippen LogP contribution in [0.2, 0.25) is 0 Å². The quantitative estimate of drug-likeness (QED) is 0.770. The Morgan fingerprint density at radius 3 is 3.18 bits per heavy atom. The van der Waals surface area contributed by atoms with Crippen molar-refractivity contribution in [3.05, 3.63) is 35.4 Å². The van der Waals surface area contributed by atoms with E-state index in [4.69, 9.17) is 9.47 Å². The van der Waals surface area contributed by atoms with Gasteiger partial charge >= 0.3 is 0 Å². The first-order valence-corrected chi connectivity index (χ1v) is 7.80. The summed E-state index contributed by atoms with van der Waals surface area (Å²) in [6.07, 6.45) is 4.73. The molecule has 22 heavy (non-hydrogen) atoms. The summed E-state index contributed by atoms with van der Waals surface area (Å²) in [6, 6.07) is 3.92. The highest BCUT2D eigenvalue weighted by molar-refractivity contribution is 5.99. The predicted octanol–water partition coefficient (Wildman–Crippen LogP) is 0.887. The fourth-order valence-electron chi connectivity index (χ4n) is 5.60. The van der Waals surface area contributed by atoms with Crippen LogP contribution in [-0.4, -0.2) is 46.8 Å². The maximum Gasteiger partial charge on any atom is 0.196 e. The number of nitrogens with zero attached hydrogens (tertiary/aromatic N) is 1. The van der Waals surface area contributed by atoms with Gasteiger partial charge in [0.1, 0.15) is 12.3 Å². The van der Waals surface area contributed by atoms with Gasteiger partial charge in [-0.1, -0.05) is 6.07 Å². The molecule has 112 valence electrons. The first-order chi connectivity index (χ1) is 10.7. The van der Waals surface area contributed by atoms with Gasteiger partial charge in [-0.25, -0.2) is 0 Å². The average molecular weight is 297 g/mol. The summed E-state index contributed by atoms with van der Waals surface area (Å²) >= 11 is 0. The lowest BCUT2D eigenvalue weighted by Gasteiger charge is -2.57. The molecule has 5 heteroatoms. The number of ketones is 1. The third-order valence-corrected chi connectivity index (χ3v) is 6.42. The van der Waals surface area contributed by atoms with Crippen molar-refractivity contribution in [2.75, 3.05) is 13.3 Å². The Bertz CT molecular complexity index is 787. The van der Waals surface area contributed by atoms with Crippen LogP contribution in [0, 0.1) is 0 Å². The number of ether oxygens (including phenoxy) is 2. The van der Waals surface area contributed by atoms with E-state index in [1.54, 1.807) is 12.1 Å². The van der Waals surface area contributed by atoms with Crippen LogP contribution in [0.5, 0.6) is 11.5 Å². The molecule has 2 fully saturated rings. The van der Waals surface area contributed by atoms with Gasteiger partial charge in [0.2, 0.25) is 0 Å². The van der Waals surface area contributed by atoms with Crippen molar-refractivity contribution in [1.82, 2.24) is 4.90 Å². The summed E-state index contributed by atoms with van der Waals surface area (Å²) in [5.41, 5.74) is 1.25. The van der Waals surface area contributed by atoms with Gasteiger partial charge in [-0.3, -0.25) is 9.69 Å². The number of carbonyl (C=O) groups excluding carboxylic acids is 1. The number of phenolic OH excluding ortho intramolecular Hbond substituents is 1. The molecule has 0 radical (unpaired) electrons. The molecule has 1 aromatic carbocycles. The van der Waals surface area contributed by atoms with Crippen molar-refractivity contribution in [2.24, 2.45) is 0 Å². The number of carbonyl (C=O) groups is 1. The first kappa shape index (κ1) is 11.7. The third kappa shape index (κ3) is 0.921. The Labute approximate surface area is 127 Å². The van der Waals surface area contributed by atoms with Crippen LogP contribution in [-0.2, 0) is 21.4 Å². The lowest BCUT2D eigenvalue weighted by atomic mass is 9.51. The highest BCUT2D eigenvalue weighted by Crippen LogP contribution is 2.66. The minimum absolute atomic E-state index is 0.0169. The Morgan fingerprint density at radius 1 is 1.36 bits per heavy atom. The Balaban J connectivity index is 1.78. The lowest BCUT2D eigenvalue weighted by molar-refractivity contribution is -0.135. The van der Waals surface area contributed by atoms with E-state index in [2.05, 4.69) is 4.90 Å². The van der Waals surface area contributed by atoms with Crippen LogP contribution in [0.25, 0.3) is 0 Å². The molecule has 5 atom stereocenters. The molecule has 5 aliphatic rings. The molecule has 0 amide bonds. The van der Waals surface area contributed by atoms with Crippen molar-refractivity contribution in [3.8, 4) is 11.5 Å². The monoisotopic (exact) mass is 297 g/mol. The molecular weight excluding hydrogens is 282 g/mol. The zero-order valence-corrected chi connectivity index (χ0v) is 11.9. The number of piperidine rings is 1. The van der Waals surface area contributed by atoms with E-state index < -0.39 is 17.1 Å². The Morgan fingerprint density at radius 2 is 2.27 bits per heavy atom. The van der Waals surface area contributed by atoms with Crippen LogP contribution >= 0.6 is 0 Å². The van der Waals surface area contributed by atoms with Gasteiger partial charge in [0.15, 0.2) is 23.4 Å². The highest BCUT2D eigenvalue weighted by Gasteiger charge is 2.75. The molecule has 2 aliphatic carbocycles. The minimum Gasteiger partial charge on any atom is -0.504 e. The Hall–Kier alpha value is -1.85. The van der Waals surface area contributed by atoms with Gasteiger partial charge < -0.3 is 14.6 Å². The normalized spacial score (nSPS) is 45.6. The van der Waals surface area contributed by atoms with Crippen molar-refractivity contribution in [2.45, 2.75) is 36.0 Å². The number of hydrogen-bond donors (Lipinski definition) is 1. The van der Waals surface area contributed by atoms with E-state index in [1.807, 2.05) is 12.1 Å². The molecule has 1 N–H and O–H groups in total. The molecule has 5 nitrogen and oxygen atoms in total. The maximum absolute atomic E-state index is 12.5. The SMILES string of the molecule is O=C1C=C[C@]23OCN4CC[C@@]25c2c(ccc(O)c2O[C@@H]15)C[C@@H]43. The van der Waals surface area contributed by atoms with Gasteiger partial charge in [0.05, 0.1) is 5.41 Å². The van der Waals surface area contributed by atoms with Gasteiger partial charge in [-0.05, 0) is 36.6 Å². The van der Waals surface area contributed by atoms with E-state index in [1.165, 1.54) is 5.56 Å². The molecule has 1 aromatic rings. The van der Waals surface area contributed by atoms with Gasteiger partial charge in [-0.2, -0.15) is 0 Å². The van der Waals surface area contributed by atoms with Crippen molar-refractivity contribution in [3.63, 3.8) is 0 Å². The second-order valence-corrected chi connectivity index (χ2v) is 7.00. The number of rotatable bonds is 0. The van der Waals surface area contributed by atoms with E-state index >= 15 is 0 Å². The van der Waals surface area contributed by atoms with E-state index in [0.717, 1.165) is 24.9 Å². The zero-order chi connectivity index (χ0) is 14.7. The van der Waals surface area contributed by atoms with E-state index in [9.17, 15) is 9.90 Å². The molecule has 0 aromatic heterocycles. The summed E-state index contributed by atoms with van der Waals surface area (Å²) in [5.74, 6) is 0.613. The van der Waals surface area contributed by atoms with E-state index in [-0.39, 0.29) is 17.6 Å². The van der Waals surface area contributed by atoms with E-state index in [0.29, 0.717) is 12.5 Å². The number of benzene rings is 1. The van der Waals surface area contributed by atoms with Crippen LogP contribution in [0.4, 0.5) is 0 Å². The second-order valence-electron chi connectivity index (χ2n) is 7.00. The molecule has 3 heterocycles. The molecular formula is C17H15NO4. The smallest absolute Gasteiger partial charge is 0.196 e. The van der Waals surface area contributed by atoms with Gasteiger partial charge in [-0.15, -0.1) is 0 Å². The summed E-state index contributed by atoms with van der Waals surface area (Å²) in [6.45, 7) is 1.51. The van der Waals surface area contributed by atoms with Crippen LogP contribution < -0.4 is 4.74 Å². The zero-order valence-electron chi connectivity index (χ0n) is 11.9. The topological polar surface area (TPSA) is 59.0 Å². The summed E-state index contributed by atoms with van der Waals surface area (Å²) in [5, 5.41) is 10.3. The van der Waals surface area contributed by atoms with Gasteiger partial charge in [0.25, 0.3) is 0 Å². The first-order valence-electron chi connectivity index (χ1n) is 7.80. The minimum atomic E-state index is -0.567. The molecule has 6 rings (SSSR count). The molecule has 3 aliphatic heterocycles. The molecule has 2 saturated heterocycles. The van der Waals surface area contributed by atoms with Crippen LogP contribution in [0.3, 0.4) is 0 Å². The van der Waals surface area contributed by atoms with Crippen LogP contribution in [0.15, 0.2) is 24.3 Å². The molecule has 1 unspecified atom stereocenters. The lowest BCUT2D eigenvalue weighted by Crippen LogP contribution is -2.71. The highest BCUT2D eigenvalue weighted by atomic mass is 16.5. The van der Waals surface area contributed by atoms with Gasteiger partial charge in [0, 0.05) is 18.2 Å². The van der Waals surface area contributed by atoms with Crippen molar-refractivity contribution >= 4 is 5.78 Å². The molecule has 4 bridgehead atoms. The average Bonchev–Trinajstić information content (AvgIpc) is 2.97. The third-order valence-electron chi connectivity index (χ3n) is 6.42. The summed E-state index contributed by atoms with van der Waals surface area (Å²) in [4.78, 5) is 14.9. The number of aromatic hydroxyl groups is 1. The fraction of sp³-hybridized carbons (Fsp3) is 0.471. The standard InChI is InChI=1S/C17H15NO4/c19-10-2-1-9-7-12-17-4-3-11(20)15-16(17,13(9)14(10)22-15)5-6-18(12)8-21-17/h1-4,12,15,19H,5-8H2/t12-,15+,16+,17-/m1/s1. The largest absolute Gasteiger partial charge is 0.504 e. The Kier molecular flexibility index (Phi) is 1.72. The predicted molar refractivity (Wildman–Crippen MR) is 75.8 cm³/mol. The summed E-state index contributed by atoms with van der Waals surface area (Å²) < 4.78 is 12.3. The number of hydrogen-bond acceptors (Lipinski definition) is 5.